The number of benzene rings is 2. The Labute approximate surface area is 160 Å². The van der Waals surface area contributed by atoms with Gasteiger partial charge in [0.2, 0.25) is 0 Å². The van der Waals surface area contributed by atoms with Crippen LogP contribution in [0.5, 0.6) is 11.5 Å². The van der Waals surface area contributed by atoms with Gasteiger partial charge in [-0.2, -0.15) is 5.10 Å². The Balaban J connectivity index is 1.62. The first-order valence-electron chi connectivity index (χ1n) is 9.45. The number of hydrogen-bond acceptors (Lipinski definition) is 5. The van der Waals surface area contributed by atoms with Crippen LogP contribution in [0.4, 0.5) is 0 Å². The summed E-state index contributed by atoms with van der Waals surface area (Å²) in [5.41, 5.74) is 2.30. The van der Waals surface area contributed by atoms with Crippen molar-refractivity contribution in [3.8, 4) is 11.5 Å². The Bertz CT molecular complexity index is 1220. The molecule has 2 aromatic heterocycles. The van der Waals surface area contributed by atoms with Gasteiger partial charge in [-0.1, -0.05) is 12.1 Å². The second-order valence-corrected chi connectivity index (χ2v) is 7.04. The minimum Gasteiger partial charge on any atom is -0.454 e. The standard InChI is InChI=1S/C21H20N4O3/c1-13-8-9-16-15(11-24-25(16)18-7-2-3-10-27-18)20(13)28-17-6-4-5-14-19(17)22-12-23-21(14)26/h4-6,8-9,11-12,18H,2-3,7,10H2,1H3,(H,22,23,26). The predicted molar refractivity (Wildman–Crippen MR) is 106 cm³/mol. The largest absolute Gasteiger partial charge is 0.454 e. The third kappa shape index (κ3) is 2.75. The maximum absolute atomic E-state index is 12.1. The lowest BCUT2D eigenvalue weighted by Crippen LogP contribution is -2.18. The number of aromatic amines is 1. The van der Waals surface area contributed by atoms with Crippen molar-refractivity contribution in [2.75, 3.05) is 6.61 Å². The van der Waals surface area contributed by atoms with Crippen LogP contribution in [0.15, 0.2) is 47.7 Å². The summed E-state index contributed by atoms with van der Waals surface area (Å²) >= 11 is 0. The maximum atomic E-state index is 12.1. The molecule has 0 spiro atoms. The molecule has 4 aromatic rings. The topological polar surface area (TPSA) is 82.0 Å². The van der Waals surface area contributed by atoms with Crippen LogP contribution in [0.3, 0.4) is 0 Å². The molecule has 1 fully saturated rings. The first-order valence-corrected chi connectivity index (χ1v) is 9.45. The zero-order valence-electron chi connectivity index (χ0n) is 15.5. The van der Waals surface area contributed by atoms with Gasteiger partial charge in [0, 0.05) is 6.61 Å². The molecule has 3 heterocycles. The van der Waals surface area contributed by atoms with Gasteiger partial charge in [0.1, 0.15) is 11.3 Å². The van der Waals surface area contributed by atoms with E-state index >= 15 is 0 Å². The summed E-state index contributed by atoms with van der Waals surface area (Å²) in [5.74, 6) is 1.26. The average Bonchev–Trinajstić information content (AvgIpc) is 3.16. The van der Waals surface area contributed by atoms with Crippen LogP contribution in [0.25, 0.3) is 21.8 Å². The number of ether oxygens (including phenoxy) is 2. The first-order chi connectivity index (χ1) is 13.7. The smallest absolute Gasteiger partial charge is 0.258 e. The van der Waals surface area contributed by atoms with E-state index in [0.29, 0.717) is 22.4 Å². The van der Waals surface area contributed by atoms with E-state index in [1.54, 1.807) is 12.1 Å². The van der Waals surface area contributed by atoms with Gasteiger partial charge >= 0.3 is 0 Å². The molecular formula is C21H20N4O3. The third-order valence-electron chi connectivity index (χ3n) is 5.20. The number of aromatic nitrogens is 4. The van der Waals surface area contributed by atoms with Gasteiger partial charge in [0.15, 0.2) is 12.0 Å². The van der Waals surface area contributed by atoms with Gasteiger partial charge in [-0.25, -0.2) is 9.67 Å². The zero-order valence-corrected chi connectivity index (χ0v) is 15.5. The van der Waals surface area contributed by atoms with Gasteiger partial charge in [0.25, 0.3) is 5.56 Å². The maximum Gasteiger partial charge on any atom is 0.258 e. The minimum atomic E-state index is -0.187. The zero-order chi connectivity index (χ0) is 19.1. The molecule has 142 valence electrons. The van der Waals surface area contributed by atoms with Crippen molar-refractivity contribution in [1.82, 2.24) is 19.7 Å². The summed E-state index contributed by atoms with van der Waals surface area (Å²) < 4.78 is 14.1. The molecule has 2 aromatic carbocycles. The highest BCUT2D eigenvalue weighted by molar-refractivity contribution is 5.89. The monoisotopic (exact) mass is 376 g/mol. The summed E-state index contributed by atoms with van der Waals surface area (Å²) in [6.45, 7) is 2.76. The molecular weight excluding hydrogens is 356 g/mol. The first kappa shape index (κ1) is 16.9. The summed E-state index contributed by atoms with van der Waals surface area (Å²) in [6, 6.07) is 9.42. The fraction of sp³-hybridized carbons (Fsp3) is 0.286. The Morgan fingerprint density at radius 1 is 1.21 bits per heavy atom. The average molecular weight is 376 g/mol. The SMILES string of the molecule is Cc1ccc2c(cnn2C2CCCCO2)c1Oc1cccc2c(=O)[nH]cnc12. The van der Waals surface area contributed by atoms with Crippen LogP contribution in [-0.4, -0.2) is 26.4 Å². The van der Waals surface area contributed by atoms with E-state index in [4.69, 9.17) is 9.47 Å². The van der Waals surface area contributed by atoms with Crippen LogP contribution in [0.2, 0.25) is 0 Å². The van der Waals surface area contributed by atoms with Crippen LogP contribution >= 0.6 is 0 Å². The van der Waals surface area contributed by atoms with Gasteiger partial charge in [-0.3, -0.25) is 4.79 Å². The van der Waals surface area contributed by atoms with Gasteiger partial charge in [-0.15, -0.1) is 0 Å². The predicted octanol–water partition coefficient (Wildman–Crippen LogP) is 4.07. The lowest BCUT2D eigenvalue weighted by atomic mass is 10.1. The number of aryl methyl sites for hydroxylation is 1. The van der Waals surface area contributed by atoms with Crippen LogP contribution in [0.1, 0.15) is 31.1 Å². The molecule has 1 aliphatic heterocycles. The second-order valence-electron chi connectivity index (χ2n) is 7.04. The van der Waals surface area contributed by atoms with Crippen molar-refractivity contribution < 1.29 is 9.47 Å². The second kappa shape index (κ2) is 6.76. The van der Waals surface area contributed by atoms with Gasteiger partial charge in [-0.05, 0) is 49.9 Å². The fourth-order valence-corrected chi connectivity index (χ4v) is 3.75. The molecule has 1 saturated heterocycles. The van der Waals surface area contributed by atoms with Crippen molar-refractivity contribution in [3.05, 3.63) is 58.8 Å². The highest BCUT2D eigenvalue weighted by Crippen LogP contribution is 2.37. The van der Waals surface area contributed by atoms with E-state index in [9.17, 15) is 4.79 Å². The molecule has 1 atom stereocenters. The molecule has 0 amide bonds. The molecule has 1 N–H and O–H groups in total. The lowest BCUT2D eigenvalue weighted by molar-refractivity contribution is -0.0366. The molecule has 1 aliphatic rings. The van der Waals surface area contributed by atoms with Crippen LogP contribution in [0, 0.1) is 6.92 Å². The highest BCUT2D eigenvalue weighted by atomic mass is 16.5. The number of nitrogens with zero attached hydrogens (tertiary/aromatic N) is 3. The van der Waals surface area contributed by atoms with E-state index < -0.39 is 0 Å². The molecule has 7 heteroatoms. The number of para-hydroxylation sites is 1. The number of H-pyrrole nitrogens is 1. The van der Waals surface area contributed by atoms with Gasteiger partial charge in [0.05, 0.1) is 28.8 Å². The molecule has 7 nitrogen and oxygen atoms in total. The fourth-order valence-electron chi connectivity index (χ4n) is 3.75. The number of fused-ring (bicyclic) bond motifs is 2. The van der Waals surface area contributed by atoms with Crippen molar-refractivity contribution in [1.29, 1.82) is 0 Å². The van der Waals surface area contributed by atoms with E-state index in [1.807, 2.05) is 29.9 Å². The molecule has 5 rings (SSSR count). The Morgan fingerprint density at radius 2 is 2.14 bits per heavy atom. The summed E-state index contributed by atoms with van der Waals surface area (Å²) in [7, 11) is 0. The van der Waals surface area contributed by atoms with E-state index in [1.165, 1.54) is 6.33 Å². The molecule has 0 aliphatic carbocycles. The summed E-state index contributed by atoms with van der Waals surface area (Å²) in [5, 5.41) is 5.99. The van der Waals surface area contributed by atoms with Crippen molar-refractivity contribution in [2.45, 2.75) is 32.4 Å². The normalized spacial score (nSPS) is 17.2. The minimum absolute atomic E-state index is 0.0420. The highest BCUT2D eigenvalue weighted by Gasteiger charge is 2.21. The molecule has 1 unspecified atom stereocenters. The lowest BCUT2D eigenvalue weighted by Gasteiger charge is -2.23. The summed E-state index contributed by atoms with van der Waals surface area (Å²) in [6.07, 6.45) is 6.36. The van der Waals surface area contributed by atoms with E-state index in [2.05, 4.69) is 21.1 Å². The van der Waals surface area contributed by atoms with Crippen molar-refractivity contribution in [3.63, 3.8) is 0 Å². The molecule has 0 saturated carbocycles. The molecule has 28 heavy (non-hydrogen) atoms. The third-order valence-corrected chi connectivity index (χ3v) is 5.20. The van der Waals surface area contributed by atoms with Crippen molar-refractivity contribution >= 4 is 21.8 Å². The van der Waals surface area contributed by atoms with E-state index in [-0.39, 0.29) is 11.8 Å². The van der Waals surface area contributed by atoms with Crippen LogP contribution < -0.4 is 10.3 Å². The molecule has 0 radical (unpaired) electrons. The summed E-state index contributed by atoms with van der Waals surface area (Å²) in [4.78, 5) is 19.0. The Kier molecular flexibility index (Phi) is 4.09. The molecule has 0 bridgehead atoms. The van der Waals surface area contributed by atoms with E-state index in [0.717, 1.165) is 42.3 Å². The quantitative estimate of drug-likeness (QED) is 0.583. The Hall–Kier alpha value is -3.19. The number of rotatable bonds is 3. The Morgan fingerprint density at radius 3 is 3.00 bits per heavy atom. The number of nitrogens with one attached hydrogen (secondary N) is 1. The number of hydrogen-bond donors (Lipinski definition) is 1. The van der Waals surface area contributed by atoms with Gasteiger partial charge < -0.3 is 14.5 Å². The van der Waals surface area contributed by atoms with Crippen molar-refractivity contribution in [2.24, 2.45) is 0 Å². The van der Waals surface area contributed by atoms with Crippen LogP contribution in [-0.2, 0) is 4.74 Å².